The summed E-state index contributed by atoms with van der Waals surface area (Å²) in [4.78, 5) is 10.2. The Morgan fingerprint density at radius 1 is 1.28 bits per heavy atom. The molecule has 0 amide bonds. The van der Waals surface area contributed by atoms with E-state index in [9.17, 15) is 31.7 Å². The number of nitro benzene ring substituents is 1. The second-order valence-corrected chi connectivity index (χ2v) is 8.37. The fourth-order valence-corrected chi connectivity index (χ4v) is 3.38. The van der Waals surface area contributed by atoms with Crippen molar-refractivity contribution in [1.82, 2.24) is 14.6 Å². The fourth-order valence-electron chi connectivity index (χ4n) is 2.49. The van der Waals surface area contributed by atoms with E-state index < -0.39 is 32.2 Å². The van der Waals surface area contributed by atoms with Gasteiger partial charge in [-0.15, -0.1) is 10.2 Å². The predicted molar refractivity (Wildman–Crippen MR) is 96.5 cm³/mol. The second-order valence-electron chi connectivity index (χ2n) is 5.95. The van der Waals surface area contributed by atoms with E-state index in [1.165, 1.54) is 12.1 Å². The van der Waals surface area contributed by atoms with Gasteiger partial charge >= 0.3 is 6.18 Å². The average Bonchev–Trinajstić information content (AvgIpc) is 3.01. The summed E-state index contributed by atoms with van der Waals surface area (Å²) in [7, 11) is -3.67. The number of halogens is 4. The minimum absolute atomic E-state index is 0.00878. The zero-order valence-electron chi connectivity index (χ0n) is 14.4. The minimum Gasteiger partial charge on any atom is -0.372 e. The Bertz CT molecular complexity index is 1230. The third-order valence-electron chi connectivity index (χ3n) is 3.89. The summed E-state index contributed by atoms with van der Waals surface area (Å²) in [6, 6.07) is 3.97. The lowest BCUT2D eigenvalue weighted by Crippen LogP contribution is -2.10. The van der Waals surface area contributed by atoms with Crippen molar-refractivity contribution in [3.63, 3.8) is 0 Å². The number of nitrogens with zero attached hydrogens (tertiary/aromatic N) is 4. The van der Waals surface area contributed by atoms with Gasteiger partial charge in [-0.1, -0.05) is 11.6 Å². The van der Waals surface area contributed by atoms with Crippen molar-refractivity contribution in [2.45, 2.75) is 17.6 Å². The van der Waals surface area contributed by atoms with Crippen LogP contribution in [0.4, 0.5) is 24.5 Å². The predicted octanol–water partition coefficient (Wildman–Crippen LogP) is 3.33. The highest BCUT2D eigenvalue weighted by molar-refractivity contribution is 7.90. The lowest BCUT2D eigenvalue weighted by molar-refractivity contribution is -0.384. The maximum absolute atomic E-state index is 13.0. The maximum atomic E-state index is 13.0. The highest BCUT2D eigenvalue weighted by Gasteiger charge is 2.32. The van der Waals surface area contributed by atoms with Gasteiger partial charge in [-0.2, -0.15) is 13.2 Å². The number of nitro groups is 1. The Hall–Kier alpha value is -2.93. The van der Waals surface area contributed by atoms with Crippen molar-refractivity contribution in [1.29, 1.82) is 0 Å². The van der Waals surface area contributed by atoms with Gasteiger partial charge in [0, 0.05) is 18.5 Å². The Morgan fingerprint density at radius 2 is 1.97 bits per heavy atom. The van der Waals surface area contributed by atoms with E-state index in [1.54, 1.807) is 0 Å². The number of pyridine rings is 1. The number of alkyl halides is 3. The average molecular weight is 450 g/mol. The van der Waals surface area contributed by atoms with Crippen LogP contribution in [0.15, 0.2) is 35.4 Å². The Labute approximate surface area is 166 Å². The van der Waals surface area contributed by atoms with E-state index in [0.29, 0.717) is 0 Å². The summed E-state index contributed by atoms with van der Waals surface area (Å²) in [5.74, 6) is 0.00878. The molecule has 0 saturated carbocycles. The van der Waals surface area contributed by atoms with Crippen LogP contribution >= 0.6 is 11.6 Å². The van der Waals surface area contributed by atoms with Crippen LogP contribution in [0.3, 0.4) is 0 Å². The number of anilines is 1. The number of benzene rings is 1. The van der Waals surface area contributed by atoms with Crippen LogP contribution in [0.2, 0.25) is 5.02 Å². The molecule has 9 nitrogen and oxygen atoms in total. The van der Waals surface area contributed by atoms with Gasteiger partial charge in [0.25, 0.3) is 5.69 Å². The quantitative estimate of drug-likeness (QED) is 0.468. The molecular weight excluding hydrogens is 439 g/mol. The molecule has 154 valence electrons. The van der Waals surface area contributed by atoms with Crippen LogP contribution in [0.5, 0.6) is 0 Å². The molecule has 0 aliphatic heterocycles. The largest absolute Gasteiger partial charge is 0.417 e. The van der Waals surface area contributed by atoms with Gasteiger partial charge in [0.05, 0.1) is 26.9 Å². The molecule has 29 heavy (non-hydrogen) atoms. The van der Waals surface area contributed by atoms with E-state index in [-0.39, 0.29) is 33.6 Å². The highest BCUT2D eigenvalue weighted by Crippen LogP contribution is 2.32. The fraction of sp³-hybridized carbons (Fsp3) is 0.200. The molecule has 0 radical (unpaired) electrons. The zero-order chi connectivity index (χ0) is 21.6. The number of hydrogen-bond acceptors (Lipinski definition) is 7. The second kappa shape index (κ2) is 7.15. The topological polar surface area (TPSA) is 120 Å². The van der Waals surface area contributed by atoms with E-state index in [4.69, 9.17) is 11.6 Å². The molecule has 0 fully saturated rings. The summed E-state index contributed by atoms with van der Waals surface area (Å²) >= 11 is 5.84. The van der Waals surface area contributed by atoms with Crippen LogP contribution in [0, 0.1) is 10.1 Å². The third-order valence-corrected chi connectivity index (χ3v) is 5.28. The summed E-state index contributed by atoms with van der Waals surface area (Å²) in [6.07, 6.45) is -2.98. The van der Waals surface area contributed by atoms with Crippen LogP contribution < -0.4 is 5.32 Å². The van der Waals surface area contributed by atoms with Crippen LogP contribution in [0.1, 0.15) is 11.4 Å². The van der Waals surface area contributed by atoms with Crippen molar-refractivity contribution >= 4 is 38.5 Å². The molecule has 0 atom stereocenters. The number of fused-ring (bicyclic) bond motifs is 1. The summed E-state index contributed by atoms with van der Waals surface area (Å²) < 4.78 is 63.2. The number of hydrogen-bond donors (Lipinski definition) is 1. The Morgan fingerprint density at radius 3 is 2.55 bits per heavy atom. The van der Waals surface area contributed by atoms with Gasteiger partial charge in [-0.25, -0.2) is 8.42 Å². The van der Waals surface area contributed by atoms with Gasteiger partial charge in [0.15, 0.2) is 21.3 Å². The number of rotatable bonds is 5. The molecule has 2 aromatic heterocycles. The van der Waals surface area contributed by atoms with Crippen LogP contribution in [-0.4, -0.2) is 34.2 Å². The van der Waals surface area contributed by atoms with Crippen molar-refractivity contribution in [3.05, 3.63) is 57.0 Å². The third kappa shape index (κ3) is 4.24. The van der Waals surface area contributed by atoms with Crippen LogP contribution in [0.25, 0.3) is 5.65 Å². The van der Waals surface area contributed by atoms with E-state index in [0.717, 1.165) is 29.0 Å². The summed E-state index contributed by atoms with van der Waals surface area (Å²) in [5.41, 5.74) is -1.59. The summed E-state index contributed by atoms with van der Waals surface area (Å²) in [6.45, 7) is -0.238. The number of nitrogens with one attached hydrogen (secondary N) is 1. The molecule has 0 aliphatic carbocycles. The van der Waals surface area contributed by atoms with Gasteiger partial charge < -0.3 is 5.32 Å². The molecule has 14 heteroatoms. The standard InChI is InChI=1S/C15H11ClF3N5O4S/c1-29(27,28)9-2-3-11(12(5-9)24(25)26)20-6-13-21-22-14-10(16)4-8(7-23(13)14)15(17,18)19/h2-5,7,20H,6H2,1H3. The lowest BCUT2D eigenvalue weighted by Gasteiger charge is -2.10. The molecule has 3 rings (SSSR count). The Kier molecular flexibility index (Phi) is 5.13. The van der Waals surface area contributed by atoms with Gasteiger partial charge in [0.1, 0.15) is 5.69 Å². The monoisotopic (exact) mass is 449 g/mol. The van der Waals surface area contributed by atoms with Crippen molar-refractivity contribution in [3.8, 4) is 0 Å². The minimum atomic E-state index is -4.65. The van der Waals surface area contributed by atoms with Gasteiger partial charge in [-0.05, 0) is 18.2 Å². The molecule has 1 aromatic carbocycles. The SMILES string of the molecule is CS(=O)(=O)c1ccc(NCc2nnc3c(Cl)cc(C(F)(F)F)cn23)c([N+](=O)[O-])c1. The summed E-state index contributed by atoms with van der Waals surface area (Å²) in [5, 5.41) is 21.1. The van der Waals surface area contributed by atoms with Gasteiger partial charge in [0.2, 0.25) is 0 Å². The van der Waals surface area contributed by atoms with Crippen LogP contribution in [-0.2, 0) is 22.6 Å². The molecule has 3 aromatic rings. The first kappa shape index (κ1) is 20.8. The molecule has 0 saturated heterocycles. The van der Waals surface area contributed by atoms with Crippen molar-refractivity contribution in [2.24, 2.45) is 0 Å². The molecule has 0 spiro atoms. The first-order chi connectivity index (χ1) is 13.4. The molecule has 0 aliphatic rings. The first-order valence-electron chi connectivity index (χ1n) is 7.70. The molecule has 0 unspecified atom stereocenters. The molecule has 1 N–H and O–H groups in total. The van der Waals surface area contributed by atoms with E-state index in [1.807, 2.05) is 0 Å². The molecular formula is C15H11ClF3N5O4S. The smallest absolute Gasteiger partial charge is 0.372 e. The number of aromatic nitrogens is 3. The Balaban J connectivity index is 1.97. The number of sulfone groups is 1. The van der Waals surface area contributed by atoms with Crippen molar-refractivity contribution in [2.75, 3.05) is 11.6 Å². The van der Waals surface area contributed by atoms with Gasteiger partial charge in [-0.3, -0.25) is 14.5 Å². The maximum Gasteiger partial charge on any atom is 0.417 e. The van der Waals surface area contributed by atoms with Crippen molar-refractivity contribution < 1.29 is 26.5 Å². The van der Waals surface area contributed by atoms with E-state index >= 15 is 0 Å². The first-order valence-corrected chi connectivity index (χ1v) is 9.97. The highest BCUT2D eigenvalue weighted by atomic mass is 35.5. The molecule has 2 heterocycles. The zero-order valence-corrected chi connectivity index (χ0v) is 16.0. The van der Waals surface area contributed by atoms with E-state index in [2.05, 4.69) is 15.5 Å². The normalized spacial score (nSPS) is 12.3. The lowest BCUT2D eigenvalue weighted by atomic mass is 10.2. The molecule has 0 bridgehead atoms.